The van der Waals surface area contributed by atoms with E-state index in [4.69, 9.17) is 5.84 Å². The third-order valence-electron chi connectivity index (χ3n) is 4.72. The minimum absolute atomic E-state index is 0.0617. The van der Waals surface area contributed by atoms with Gasteiger partial charge in [0.2, 0.25) is 0 Å². The van der Waals surface area contributed by atoms with Crippen LogP contribution in [0.4, 0.5) is 13.2 Å². The van der Waals surface area contributed by atoms with E-state index in [0.717, 1.165) is 18.9 Å². The van der Waals surface area contributed by atoms with Gasteiger partial charge in [-0.05, 0) is 37.1 Å². The fourth-order valence-corrected chi connectivity index (χ4v) is 3.28. The van der Waals surface area contributed by atoms with E-state index in [9.17, 15) is 13.2 Å². The Morgan fingerprint density at radius 1 is 1.20 bits per heavy atom. The van der Waals surface area contributed by atoms with Crippen molar-refractivity contribution in [1.29, 1.82) is 0 Å². The fourth-order valence-electron chi connectivity index (χ4n) is 3.28. The molecule has 1 saturated carbocycles. The molecule has 4 rings (SSSR count). The summed E-state index contributed by atoms with van der Waals surface area (Å²) < 4.78 is 40.5. The Hall–Kier alpha value is -2.45. The zero-order chi connectivity index (χ0) is 17.6. The summed E-state index contributed by atoms with van der Waals surface area (Å²) in [7, 11) is 0. The van der Waals surface area contributed by atoms with Crippen molar-refractivity contribution in [3.8, 4) is 11.3 Å². The molecule has 0 bridgehead atoms. The molecule has 0 aromatic carbocycles. The van der Waals surface area contributed by atoms with Crippen LogP contribution >= 0.6 is 0 Å². The maximum atomic E-state index is 13.5. The molecular weight excluding hydrogens is 331 g/mol. The van der Waals surface area contributed by atoms with Crippen molar-refractivity contribution in [3.05, 3.63) is 47.9 Å². The van der Waals surface area contributed by atoms with Gasteiger partial charge >= 0.3 is 6.18 Å². The van der Waals surface area contributed by atoms with Crippen LogP contribution in [0.3, 0.4) is 0 Å². The summed E-state index contributed by atoms with van der Waals surface area (Å²) in [5, 5.41) is 0.618. The second-order valence-corrected chi connectivity index (χ2v) is 6.26. The maximum absolute atomic E-state index is 13.5. The van der Waals surface area contributed by atoms with Gasteiger partial charge in [-0.15, -0.1) is 0 Å². The quantitative estimate of drug-likeness (QED) is 0.501. The molecule has 0 atom stereocenters. The minimum atomic E-state index is -4.48. The number of aromatic nitrogens is 3. The number of nitrogens with one attached hydrogen (secondary N) is 2. The number of alkyl halides is 3. The molecule has 5 nitrogen and oxygen atoms in total. The third-order valence-corrected chi connectivity index (χ3v) is 4.72. The summed E-state index contributed by atoms with van der Waals surface area (Å²) >= 11 is 0. The number of H-pyrrole nitrogens is 1. The smallest absolute Gasteiger partial charge is 0.345 e. The molecule has 3 aromatic rings. The third kappa shape index (κ3) is 2.77. The summed E-state index contributed by atoms with van der Waals surface area (Å²) in [6.07, 6.45) is 0.177. The molecule has 4 N–H and O–H groups in total. The molecule has 130 valence electrons. The van der Waals surface area contributed by atoms with Crippen LogP contribution in [0.15, 0.2) is 36.7 Å². The Morgan fingerprint density at radius 2 is 2.00 bits per heavy atom. The number of rotatable bonds is 3. The summed E-state index contributed by atoms with van der Waals surface area (Å²) in [6.45, 7) is 0. The molecule has 1 aliphatic carbocycles. The zero-order valence-corrected chi connectivity index (χ0v) is 13.1. The van der Waals surface area contributed by atoms with Gasteiger partial charge in [0.05, 0.1) is 11.3 Å². The van der Waals surface area contributed by atoms with Gasteiger partial charge in [0, 0.05) is 41.0 Å². The molecule has 0 aliphatic heterocycles. The van der Waals surface area contributed by atoms with E-state index in [-0.39, 0.29) is 17.7 Å². The lowest BCUT2D eigenvalue weighted by Crippen LogP contribution is -2.44. The first kappa shape index (κ1) is 16.0. The lowest BCUT2D eigenvalue weighted by atomic mass is 9.78. The molecule has 8 heteroatoms. The molecule has 1 fully saturated rings. The van der Waals surface area contributed by atoms with Crippen LogP contribution < -0.4 is 11.3 Å². The Bertz CT molecular complexity index is 912. The number of hydrogen-bond donors (Lipinski definition) is 3. The fraction of sp³-hybridized carbons (Fsp3) is 0.294. The SMILES string of the molecule is NNC1CC(c2ccc(C(F)(F)F)c(-c3c[nH]c4ncccc34)n2)C1. The van der Waals surface area contributed by atoms with Gasteiger partial charge in [-0.1, -0.05) is 0 Å². The average molecular weight is 347 g/mol. The van der Waals surface area contributed by atoms with Crippen LogP contribution in [-0.4, -0.2) is 21.0 Å². The standard InChI is InChI=1S/C17H16F3N5/c18-17(19,20)13-3-4-14(9-6-10(7-9)25-21)24-15(13)12-8-23-16-11(12)2-1-5-22-16/h1-5,8-10,25H,6-7,21H2,(H,22,23). The predicted molar refractivity (Wildman–Crippen MR) is 87.4 cm³/mol. The molecule has 1 aliphatic rings. The van der Waals surface area contributed by atoms with Crippen molar-refractivity contribution in [2.24, 2.45) is 5.84 Å². The molecule has 3 aromatic heterocycles. The summed E-state index contributed by atoms with van der Waals surface area (Å²) in [6, 6.07) is 6.21. The summed E-state index contributed by atoms with van der Waals surface area (Å²) in [5.41, 5.74) is 3.48. The number of fused-ring (bicyclic) bond motifs is 1. The molecule has 0 spiro atoms. The van der Waals surface area contributed by atoms with E-state index >= 15 is 0 Å². The number of hydrogen-bond acceptors (Lipinski definition) is 4. The number of nitrogens with two attached hydrogens (primary N) is 1. The predicted octanol–water partition coefficient (Wildman–Crippen LogP) is 3.35. The van der Waals surface area contributed by atoms with E-state index < -0.39 is 11.7 Å². The first-order valence-electron chi connectivity index (χ1n) is 7.94. The number of halogens is 3. The van der Waals surface area contributed by atoms with Crippen molar-refractivity contribution in [2.45, 2.75) is 31.0 Å². The first-order valence-corrected chi connectivity index (χ1v) is 7.94. The van der Waals surface area contributed by atoms with Gasteiger partial charge in [-0.2, -0.15) is 13.2 Å². The molecule has 0 amide bonds. The lowest BCUT2D eigenvalue weighted by molar-refractivity contribution is -0.137. The number of pyridine rings is 2. The highest BCUT2D eigenvalue weighted by atomic mass is 19.4. The molecule has 0 radical (unpaired) electrons. The number of hydrazine groups is 1. The zero-order valence-electron chi connectivity index (χ0n) is 13.1. The van der Waals surface area contributed by atoms with E-state index in [1.165, 1.54) is 12.3 Å². The van der Waals surface area contributed by atoms with E-state index in [0.29, 0.717) is 22.3 Å². The van der Waals surface area contributed by atoms with Crippen molar-refractivity contribution >= 4 is 11.0 Å². The van der Waals surface area contributed by atoms with Gasteiger partial charge < -0.3 is 4.98 Å². The average Bonchev–Trinajstić information content (AvgIpc) is 2.97. The van der Waals surface area contributed by atoms with Gasteiger partial charge in [0.25, 0.3) is 0 Å². The molecule has 25 heavy (non-hydrogen) atoms. The highest BCUT2D eigenvalue weighted by Crippen LogP contribution is 2.41. The van der Waals surface area contributed by atoms with Crippen LogP contribution in [0.5, 0.6) is 0 Å². The van der Waals surface area contributed by atoms with Crippen molar-refractivity contribution < 1.29 is 13.2 Å². The van der Waals surface area contributed by atoms with Crippen molar-refractivity contribution in [2.75, 3.05) is 0 Å². The van der Waals surface area contributed by atoms with E-state index in [1.54, 1.807) is 18.3 Å². The van der Waals surface area contributed by atoms with Crippen LogP contribution in [-0.2, 0) is 6.18 Å². The van der Waals surface area contributed by atoms with Gasteiger partial charge in [0.1, 0.15) is 5.65 Å². The maximum Gasteiger partial charge on any atom is 0.418 e. The number of nitrogens with zero attached hydrogens (tertiary/aromatic N) is 2. The molecule has 0 saturated heterocycles. The van der Waals surface area contributed by atoms with Gasteiger partial charge in [0.15, 0.2) is 0 Å². The van der Waals surface area contributed by atoms with E-state index in [1.807, 2.05) is 0 Å². The Kier molecular flexibility index (Phi) is 3.73. The molecular formula is C17H16F3N5. The summed E-state index contributed by atoms with van der Waals surface area (Å²) in [4.78, 5) is 11.4. The van der Waals surface area contributed by atoms with Gasteiger partial charge in [-0.3, -0.25) is 16.3 Å². The van der Waals surface area contributed by atoms with Crippen molar-refractivity contribution in [3.63, 3.8) is 0 Å². The van der Waals surface area contributed by atoms with Gasteiger partial charge in [-0.25, -0.2) is 4.98 Å². The van der Waals surface area contributed by atoms with Crippen LogP contribution in [0, 0.1) is 0 Å². The van der Waals surface area contributed by atoms with Crippen LogP contribution in [0.2, 0.25) is 0 Å². The number of aromatic amines is 1. The molecule has 3 heterocycles. The largest absolute Gasteiger partial charge is 0.418 e. The summed E-state index contributed by atoms with van der Waals surface area (Å²) in [5.74, 6) is 5.51. The van der Waals surface area contributed by atoms with Crippen LogP contribution in [0.1, 0.15) is 30.0 Å². The topological polar surface area (TPSA) is 79.6 Å². The van der Waals surface area contributed by atoms with Crippen molar-refractivity contribution in [1.82, 2.24) is 20.4 Å². The lowest BCUT2D eigenvalue weighted by Gasteiger charge is -2.34. The monoisotopic (exact) mass is 347 g/mol. The Labute approximate surface area is 141 Å². The van der Waals surface area contributed by atoms with E-state index in [2.05, 4.69) is 20.4 Å². The Morgan fingerprint density at radius 3 is 2.72 bits per heavy atom. The minimum Gasteiger partial charge on any atom is -0.345 e. The molecule has 0 unspecified atom stereocenters. The normalized spacial score (nSPS) is 20.6. The Balaban J connectivity index is 1.83. The highest BCUT2D eigenvalue weighted by molar-refractivity contribution is 5.93. The van der Waals surface area contributed by atoms with Crippen LogP contribution in [0.25, 0.3) is 22.3 Å². The highest BCUT2D eigenvalue weighted by Gasteiger charge is 2.37. The second-order valence-electron chi connectivity index (χ2n) is 6.26. The first-order chi connectivity index (χ1) is 12.0. The second kappa shape index (κ2) is 5.82.